The fraction of sp³-hybridized carbons (Fsp3) is 0.263. The van der Waals surface area contributed by atoms with Crippen LogP contribution in [-0.4, -0.2) is 12.0 Å². The number of allylic oxidation sites excluding steroid dienone is 1. The lowest BCUT2D eigenvalue weighted by atomic mass is 9.91. The first-order chi connectivity index (χ1) is 12.3. The van der Waals surface area contributed by atoms with E-state index in [9.17, 15) is 9.59 Å². The van der Waals surface area contributed by atoms with Crippen LogP contribution >= 0.6 is 23.2 Å². The van der Waals surface area contributed by atoms with Crippen molar-refractivity contribution in [3.8, 4) is 0 Å². The first-order valence-electron chi connectivity index (χ1n) is 8.15. The van der Waals surface area contributed by atoms with Gasteiger partial charge in [0.15, 0.2) is 5.22 Å². The zero-order chi connectivity index (χ0) is 18.6. The van der Waals surface area contributed by atoms with E-state index in [4.69, 9.17) is 32.4 Å². The zero-order valence-electron chi connectivity index (χ0n) is 14.1. The molecule has 134 valence electrons. The molecule has 0 unspecified atom stereocenters. The van der Waals surface area contributed by atoms with Crippen LogP contribution in [0.15, 0.2) is 34.8 Å². The number of aryl methyl sites for hydroxylation is 1. The SMILES string of the molecule is CC1(C)OC(=O)N2C(=O)C(=CCCc3ccc(Cl)o3)c3ccc(Cl)c1c32. The van der Waals surface area contributed by atoms with E-state index in [1.54, 1.807) is 44.2 Å². The summed E-state index contributed by atoms with van der Waals surface area (Å²) in [6.07, 6.45) is 2.28. The van der Waals surface area contributed by atoms with Gasteiger partial charge in [0.1, 0.15) is 11.4 Å². The van der Waals surface area contributed by atoms with Gasteiger partial charge in [-0.25, -0.2) is 9.69 Å². The van der Waals surface area contributed by atoms with Crippen molar-refractivity contribution in [1.29, 1.82) is 0 Å². The predicted octanol–water partition coefficient (Wildman–Crippen LogP) is 5.33. The second-order valence-electron chi connectivity index (χ2n) is 6.70. The van der Waals surface area contributed by atoms with Crippen molar-refractivity contribution in [2.45, 2.75) is 32.3 Å². The Morgan fingerprint density at radius 2 is 1.92 bits per heavy atom. The number of hydrogen-bond acceptors (Lipinski definition) is 4. The number of carbonyl (C=O) groups excluding carboxylic acids is 2. The highest BCUT2D eigenvalue weighted by Crippen LogP contribution is 2.50. The van der Waals surface area contributed by atoms with Crippen LogP contribution in [0.3, 0.4) is 0 Å². The second kappa shape index (κ2) is 5.89. The van der Waals surface area contributed by atoms with Gasteiger partial charge >= 0.3 is 6.09 Å². The van der Waals surface area contributed by atoms with Crippen molar-refractivity contribution in [3.05, 3.63) is 57.5 Å². The Morgan fingerprint density at radius 3 is 2.62 bits per heavy atom. The number of imide groups is 1. The average molecular weight is 392 g/mol. The minimum Gasteiger partial charge on any atom is -0.450 e. The van der Waals surface area contributed by atoms with Gasteiger partial charge in [-0.05, 0) is 50.1 Å². The second-order valence-corrected chi connectivity index (χ2v) is 7.48. The van der Waals surface area contributed by atoms with Crippen LogP contribution in [-0.2, 0) is 21.6 Å². The number of furan rings is 1. The Bertz CT molecular complexity index is 974. The minimum atomic E-state index is -0.906. The highest BCUT2D eigenvalue weighted by Gasteiger charge is 2.49. The van der Waals surface area contributed by atoms with Gasteiger partial charge in [-0.1, -0.05) is 23.7 Å². The molecule has 2 aliphatic rings. The summed E-state index contributed by atoms with van der Waals surface area (Å²) in [6, 6.07) is 6.97. The molecule has 1 aromatic carbocycles. The first kappa shape index (κ1) is 17.2. The van der Waals surface area contributed by atoms with Crippen molar-refractivity contribution in [3.63, 3.8) is 0 Å². The molecule has 3 heterocycles. The Balaban J connectivity index is 1.74. The molecule has 0 spiro atoms. The molecule has 0 radical (unpaired) electrons. The highest BCUT2D eigenvalue weighted by molar-refractivity contribution is 6.41. The van der Waals surface area contributed by atoms with Crippen molar-refractivity contribution in [2.75, 3.05) is 4.90 Å². The van der Waals surface area contributed by atoms with E-state index in [1.807, 2.05) is 0 Å². The average Bonchev–Trinajstić information content (AvgIpc) is 3.07. The summed E-state index contributed by atoms with van der Waals surface area (Å²) in [5.41, 5.74) is 1.42. The van der Waals surface area contributed by atoms with Crippen LogP contribution in [0.25, 0.3) is 5.57 Å². The van der Waals surface area contributed by atoms with Crippen LogP contribution in [0.1, 0.15) is 37.2 Å². The molecule has 26 heavy (non-hydrogen) atoms. The third-order valence-electron chi connectivity index (χ3n) is 4.57. The molecule has 0 aliphatic carbocycles. The number of hydrogen-bond donors (Lipinski definition) is 0. The Labute approximate surface area is 160 Å². The molecule has 2 amide bonds. The van der Waals surface area contributed by atoms with Crippen LogP contribution < -0.4 is 4.90 Å². The monoisotopic (exact) mass is 391 g/mol. The normalized spacial score (nSPS) is 19.1. The molecular weight excluding hydrogens is 377 g/mol. The topological polar surface area (TPSA) is 59.8 Å². The van der Waals surface area contributed by atoms with Gasteiger partial charge in [-0.15, -0.1) is 0 Å². The molecule has 0 fully saturated rings. The summed E-state index contributed by atoms with van der Waals surface area (Å²) in [7, 11) is 0. The third-order valence-corrected chi connectivity index (χ3v) is 5.09. The molecule has 4 rings (SSSR count). The van der Waals surface area contributed by atoms with Gasteiger partial charge in [-0.3, -0.25) is 4.79 Å². The number of benzene rings is 1. The number of cyclic esters (lactones) is 1. The van der Waals surface area contributed by atoms with E-state index in [-0.39, 0.29) is 0 Å². The fourth-order valence-electron chi connectivity index (χ4n) is 3.46. The number of rotatable bonds is 3. The minimum absolute atomic E-state index is 0.330. The summed E-state index contributed by atoms with van der Waals surface area (Å²) < 4.78 is 10.8. The quantitative estimate of drug-likeness (QED) is 0.662. The van der Waals surface area contributed by atoms with Gasteiger partial charge < -0.3 is 9.15 Å². The molecule has 5 nitrogen and oxygen atoms in total. The first-order valence-corrected chi connectivity index (χ1v) is 8.90. The van der Waals surface area contributed by atoms with Crippen molar-refractivity contribution < 1.29 is 18.7 Å². The number of carbonyl (C=O) groups is 2. The molecule has 0 N–H and O–H groups in total. The maximum Gasteiger partial charge on any atom is 0.422 e. The maximum absolute atomic E-state index is 12.8. The molecule has 0 saturated carbocycles. The van der Waals surface area contributed by atoms with Gasteiger partial charge in [0.05, 0.1) is 5.69 Å². The van der Waals surface area contributed by atoms with Crippen molar-refractivity contribution in [2.24, 2.45) is 0 Å². The smallest absolute Gasteiger partial charge is 0.422 e. The molecule has 0 atom stereocenters. The number of nitrogens with zero attached hydrogens (tertiary/aromatic N) is 1. The van der Waals surface area contributed by atoms with Crippen molar-refractivity contribution >= 4 is 46.5 Å². The molecular formula is C19H15Cl2NO4. The summed E-state index contributed by atoms with van der Waals surface area (Å²) in [6.45, 7) is 3.52. The van der Waals surface area contributed by atoms with E-state index in [0.717, 1.165) is 10.7 Å². The third kappa shape index (κ3) is 2.54. The standard InChI is InChI=1S/C19H15Cl2NO4/c1-19(2)15-13(20)8-7-11-12(5-3-4-10-6-9-14(21)25-10)17(23)22(16(11)15)18(24)26-19/h5-9H,3-4H2,1-2H3. The molecule has 0 bridgehead atoms. The summed E-state index contributed by atoms with van der Waals surface area (Å²) in [5, 5.41) is 0.793. The Hall–Kier alpha value is -2.24. The maximum atomic E-state index is 12.8. The van der Waals surface area contributed by atoms with E-state index < -0.39 is 17.6 Å². The van der Waals surface area contributed by atoms with E-state index >= 15 is 0 Å². The summed E-state index contributed by atoms with van der Waals surface area (Å²) >= 11 is 12.1. The lowest BCUT2D eigenvalue weighted by Gasteiger charge is -2.36. The van der Waals surface area contributed by atoms with Crippen LogP contribution in [0, 0.1) is 0 Å². The van der Waals surface area contributed by atoms with Crippen molar-refractivity contribution in [1.82, 2.24) is 0 Å². The fourth-order valence-corrected chi connectivity index (χ4v) is 4.00. The molecule has 0 saturated heterocycles. The molecule has 2 aliphatic heterocycles. The van der Waals surface area contributed by atoms with Gasteiger partial charge in [0, 0.05) is 28.1 Å². The Kier molecular flexibility index (Phi) is 3.90. The largest absolute Gasteiger partial charge is 0.450 e. The van der Waals surface area contributed by atoms with Gasteiger partial charge in [0.2, 0.25) is 0 Å². The number of anilines is 1. The highest BCUT2D eigenvalue weighted by atomic mass is 35.5. The predicted molar refractivity (Wildman–Crippen MR) is 98.5 cm³/mol. The van der Waals surface area contributed by atoms with Crippen LogP contribution in [0.2, 0.25) is 10.2 Å². The molecule has 7 heteroatoms. The number of amides is 2. The zero-order valence-corrected chi connectivity index (χ0v) is 15.6. The summed E-state index contributed by atoms with van der Waals surface area (Å²) in [5.74, 6) is 0.331. The molecule has 2 aromatic rings. The van der Waals surface area contributed by atoms with E-state index in [0.29, 0.717) is 45.5 Å². The van der Waals surface area contributed by atoms with Crippen LogP contribution in [0.4, 0.5) is 10.5 Å². The summed E-state index contributed by atoms with van der Waals surface area (Å²) in [4.78, 5) is 26.3. The number of halogens is 2. The van der Waals surface area contributed by atoms with E-state index in [2.05, 4.69) is 0 Å². The number of ether oxygens (including phenoxy) is 1. The lowest BCUT2D eigenvalue weighted by molar-refractivity contribution is -0.113. The Morgan fingerprint density at radius 1 is 1.15 bits per heavy atom. The lowest BCUT2D eigenvalue weighted by Crippen LogP contribution is -2.44. The van der Waals surface area contributed by atoms with E-state index in [1.165, 1.54) is 0 Å². The van der Waals surface area contributed by atoms with Gasteiger partial charge in [0.25, 0.3) is 5.91 Å². The van der Waals surface area contributed by atoms with Crippen LogP contribution in [0.5, 0.6) is 0 Å². The van der Waals surface area contributed by atoms with Gasteiger partial charge in [-0.2, -0.15) is 0 Å². The molecule has 1 aromatic heterocycles.